The summed E-state index contributed by atoms with van der Waals surface area (Å²) in [7, 11) is -4.49. The summed E-state index contributed by atoms with van der Waals surface area (Å²) in [4.78, 5) is 37.9. The molecule has 0 bridgehead atoms. The smallest absolute Gasteiger partial charge is 0.416 e. The molecule has 2 aliphatic heterocycles. The molecule has 0 aromatic carbocycles. The van der Waals surface area contributed by atoms with E-state index in [0.717, 1.165) is 25.7 Å². The fraction of sp³-hybridized carbons (Fsp3) is 0.765. The van der Waals surface area contributed by atoms with Gasteiger partial charge in [0.05, 0.1) is 44.1 Å². The molecule has 5 atom stereocenters. The van der Waals surface area contributed by atoms with E-state index >= 15 is 0 Å². The van der Waals surface area contributed by atoms with E-state index in [-0.39, 0.29) is 42.6 Å². The Hall–Kier alpha value is -2.98. The number of ether oxygens (including phenoxy) is 7. The lowest BCUT2D eigenvalue weighted by atomic mass is 10.1. The molecule has 0 radical (unpaired) electrons. The van der Waals surface area contributed by atoms with Gasteiger partial charge in [0.2, 0.25) is 5.28 Å². The molecule has 3 aliphatic rings. The highest BCUT2D eigenvalue weighted by atomic mass is 35.5. The molecule has 4 heterocycles. The van der Waals surface area contributed by atoms with Gasteiger partial charge in [0.15, 0.2) is 23.5 Å². The average molecular weight is 801 g/mol. The summed E-state index contributed by atoms with van der Waals surface area (Å²) in [6, 6.07) is 1.64. The summed E-state index contributed by atoms with van der Waals surface area (Å²) in [5, 5.41) is 11.7. The zero-order valence-corrected chi connectivity index (χ0v) is 33.6. The Kier molecular flexibility index (Phi) is 13.3. The first-order valence-electron chi connectivity index (χ1n) is 18.1. The molecule has 1 aliphatic carbocycles. The van der Waals surface area contributed by atoms with Gasteiger partial charge in [-0.1, -0.05) is 12.8 Å². The number of hydrogen-bond acceptors (Lipinski definition) is 16. The van der Waals surface area contributed by atoms with Crippen LogP contribution >= 0.6 is 19.2 Å². The van der Waals surface area contributed by atoms with Crippen molar-refractivity contribution in [3.8, 4) is 6.07 Å². The molecule has 300 valence electrons. The maximum atomic E-state index is 14.4. The van der Waals surface area contributed by atoms with Crippen molar-refractivity contribution in [3.63, 3.8) is 0 Å². The summed E-state index contributed by atoms with van der Waals surface area (Å²) in [5.41, 5.74) is -0.519. The zero-order valence-electron chi connectivity index (χ0n) is 31.9. The molecule has 3 fully saturated rings. The number of hydrogen-bond donors (Lipinski definition) is 0. The number of halogens is 1. The van der Waals surface area contributed by atoms with E-state index in [4.69, 9.17) is 53.8 Å². The zero-order chi connectivity index (χ0) is 39.5. The van der Waals surface area contributed by atoms with Crippen molar-refractivity contribution in [1.82, 2.24) is 19.7 Å². The highest BCUT2D eigenvalue weighted by molar-refractivity contribution is 7.56. The lowest BCUT2D eigenvalue weighted by Gasteiger charge is -2.36. The third-order valence-corrected chi connectivity index (χ3v) is 11.6. The van der Waals surface area contributed by atoms with Crippen LogP contribution in [0.15, 0.2) is 6.20 Å². The van der Waals surface area contributed by atoms with Crippen LogP contribution in [0.1, 0.15) is 87.3 Å². The summed E-state index contributed by atoms with van der Waals surface area (Å²) in [5.74, 6) is -1.92. The van der Waals surface area contributed by atoms with Crippen molar-refractivity contribution in [2.75, 3.05) is 44.5 Å². The molecule has 18 nitrogen and oxygen atoms in total. The third kappa shape index (κ3) is 8.69. The summed E-state index contributed by atoms with van der Waals surface area (Å²) < 4.78 is 69.0. The van der Waals surface area contributed by atoms with Crippen molar-refractivity contribution in [1.29, 1.82) is 5.26 Å². The van der Waals surface area contributed by atoms with Crippen LogP contribution in [-0.4, -0.2) is 113 Å². The number of aromatic nitrogens is 4. The standard InChI is InChI=1S/C34H50ClN6O12P/c1-9-46-29(42)34(20-45-17-16-36,54(44,48-10-2)49-11-3)47-19-23-24-25(52-33(7,8)51-24)28(50-23)41-27-22(18-37-41)26(38-30(35)39-27)40(21-14-12-13-15-21)31(43)53-32(4,5)6/h18,21,23-25,28H,9-15,17,19-20H2,1-8H3/t23-,24-,25-,28-,34?/m1/s1. The lowest BCUT2D eigenvalue weighted by molar-refractivity contribution is -0.210. The third-order valence-electron chi connectivity index (χ3n) is 8.87. The molecule has 1 unspecified atom stereocenters. The van der Waals surface area contributed by atoms with Gasteiger partial charge in [-0.05, 0) is 79.8 Å². The van der Waals surface area contributed by atoms with Crippen LogP contribution in [0.2, 0.25) is 5.28 Å². The van der Waals surface area contributed by atoms with Crippen LogP contribution in [0, 0.1) is 11.3 Å². The van der Waals surface area contributed by atoms with Gasteiger partial charge in [0.1, 0.15) is 37.1 Å². The molecule has 2 saturated heterocycles. The van der Waals surface area contributed by atoms with Crippen LogP contribution in [0.25, 0.3) is 11.0 Å². The van der Waals surface area contributed by atoms with E-state index in [1.54, 1.807) is 55.4 Å². The van der Waals surface area contributed by atoms with Gasteiger partial charge >= 0.3 is 19.7 Å². The second-order valence-electron chi connectivity index (χ2n) is 14.4. The number of anilines is 1. The minimum Gasteiger partial charge on any atom is -0.463 e. The lowest BCUT2D eigenvalue weighted by Crippen LogP contribution is -2.50. The quantitative estimate of drug-likeness (QED) is 0.0869. The Morgan fingerprint density at radius 3 is 2.37 bits per heavy atom. The largest absolute Gasteiger partial charge is 0.463 e. The molecule has 20 heteroatoms. The van der Waals surface area contributed by atoms with Gasteiger partial charge in [-0.2, -0.15) is 20.3 Å². The van der Waals surface area contributed by atoms with Gasteiger partial charge in [-0.25, -0.2) is 14.3 Å². The predicted octanol–water partition coefficient (Wildman–Crippen LogP) is 5.66. The van der Waals surface area contributed by atoms with Crippen LogP contribution < -0.4 is 4.90 Å². The maximum absolute atomic E-state index is 14.4. The number of rotatable bonds is 16. The highest BCUT2D eigenvalue weighted by Gasteiger charge is 2.63. The number of carbonyl (C=O) groups excluding carboxylic acids is 2. The topological polar surface area (TPSA) is 205 Å². The van der Waals surface area contributed by atoms with Gasteiger partial charge in [-0.15, -0.1) is 0 Å². The van der Waals surface area contributed by atoms with E-state index in [0.29, 0.717) is 5.39 Å². The monoisotopic (exact) mass is 800 g/mol. The summed E-state index contributed by atoms with van der Waals surface area (Å²) in [6.07, 6.45) is 0.749. The van der Waals surface area contributed by atoms with E-state index in [2.05, 4.69) is 15.1 Å². The fourth-order valence-corrected chi connectivity index (χ4v) is 8.94. The first-order valence-corrected chi connectivity index (χ1v) is 20.0. The Morgan fingerprint density at radius 1 is 1.09 bits per heavy atom. The Bertz CT molecular complexity index is 1730. The second-order valence-corrected chi connectivity index (χ2v) is 16.9. The summed E-state index contributed by atoms with van der Waals surface area (Å²) in [6.45, 7) is 11.7. The molecule has 1 amide bonds. The Labute approximate surface area is 319 Å². The van der Waals surface area contributed by atoms with Gasteiger partial charge in [-0.3, -0.25) is 9.46 Å². The molecular weight excluding hydrogens is 751 g/mol. The number of carbonyl (C=O) groups is 2. The molecule has 2 aromatic rings. The van der Waals surface area contributed by atoms with Crippen molar-refractivity contribution < 1.29 is 56.4 Å². The maximum Gasteiger partial charge on any atom is 0.416 e. The number of nitrogens with zero attached hydrogens (tertiary/aromatic N) is 6. The van der Waals surface area contributed by atoms with E-state index in [9.17, 15) is 19.4 Å². The van der Waals surface area contributed by atoms with Crippen molar-refractivity contribution in [2.24, 2.45) is 0 Å². The van der Waals surface area contributed by atoms with Crippen molar-refractivity contribution >= 4 is 48.1 Å². The normalized spacial score (nSPS) is 23.9. The first kappa shape index (κ1) is 42.2. The molecule has 2 aromatic heterocycles. The number of amides is 1. The van der Waals surface area contributed by atoms with Crippen LogP contribution in [0.5, 0.6) is 0 Å². The van der Waals surface area contributed by atoms with E-state index < -0.39 is 80.7 Å². The van der Waals surface area contributed by atoms with Gasteiger partial charge in [0, 0.05) is 6.04 Å². The van der Waals surface area contributed by atoms with Crippen molar-refractivity contribution in [2.45, 2.75) is 128 Å². The summed E-state index contributed by atoms with van der Waals surface area (Å²) >= 11 is 6.55. The number of nitriles is 1. The minimum absolute atomic E-state index is 0.0941. The van der Waals surface area contributed by atoms with Gasteiger partial charge in [0.25, 0.3) is 5.34 Å². The average Bonchev–Trinajstić information content (AvgIpc) is 3.87. The van der Waals surface area contributed by atoms with Crippen LogP contribution in [0.4, 0.5) is 10.6 Å². The molecule has 5 rings (SSSR count). The fourth-order valence-electron chi connectivity index (χ4n) is 6.84. The highest BCUT2D eigenvalue weighted by Crippen LogP contribution is 2.61. The minimum atomic E-state index is -4.49. The predicted molar refractivity (Wildman–Crippen MR) is 192 cm³/mol. The van der Waals surface area contributed by atoms with Crippen molar-refractivity contribution in [3.05, 3.63) is 11.5 Å². The molecule has 1 saturated carbocycles. The first-order chi connectivity index (χ1) is 25.5. The van der Waals surface area contributed by atoms with Crippen LogP contribution in [-0.2, 0) is 51.6 Å². The molecular formula is C34H50ClN6O12P. The number of esters is 1. The van der Waals surface area contributed by atoms with Crippen LogP contribution in [0.3, 0.4) is 0 Å². The Balaban J connectivity index is 1.54. The molecule has 0 N–H and O–H groups in total. The number of fused-ring (bicyclic) bond motifs is 2. The Morgan fingerprint density at radius 2 is 1.76 bits per heavy atom. The SMILES string of the molecule is CCOC(=O)C(COCC#N)(OC[C@H]1O[C@@H](n2ncc3c(N(C(=O)OC(C)(C)C)C4CCCC4)nc(Cl)nc32)[C@@H]2OC(C)(C)O[C@@H]21)P(=O)(OCC)OCC. The molecule has 54 heavy (non-hydrogen) atoms. The van der Waals surface area contributed by atoms with Gasteiger partial charge < -0.3 is 42.2 Å². The van der Waals surface area contributed by atoms with E-state index in [1.165, 1.54) is 15.8 Å². The molecule has 0 spiro atoms. The van der Waals surface area contributed by atoms with E-state index in [1.807, 2.05) is 6.07 Å². The second kappa shape index (κ2) is 17.0.